The highest BCUT2D eigenvalue weighted by Crippen LogP contribution is 2.50. The van der Waals surface area contributed by atoms with Gasteiger partial charge in [0.25, 0.3) is 0 Å². The van der Waals surface area contributed by atoms with Crippen LogP contribution in [0.15, 0.2) is 200 Å². The number of aromatic nitrogens is 3. The first-order chi connectivity index (χ1) is 28.3. The van der Waals surface area contributed by atoms with Gasteiger partial charge in [-0.3, -0.25) is 0 Å². The van der Waals surface area contributed by atoms with Crippen molar-refractivity contribution in [2.45, 2.75) is 0 Å². The quantitative estimate of drug-likeness (QED) is 0.172. The summed E-state index contributed by atoms with van der Waals surface area (Å²) in [6.07, 6.45) is 0. The van der Waals surface area contributed by atoms with Crippen LogP contribution in [0.5, 0.6) is 0 Å². The summed E-state index contributed by atoms with van der Waals surface area (Å²) in [5, 5.41) is 14.9. The molecule has 0 fully saturated rings. The van der Waals surface area contributed by atoms with Gasteiger partial charge >= 0.3 is 0 Å². The number of hydrogen-bond acceptors (Lipinski definition) is 0. The van der Waals surface area contributed by atoms with Crippen LogP contribution in [0.1, 0.15) is 0 Å². The van der Waals surface area contributed by atoms with E-state index in [0.29, 0.717) is 0 Å². The van der Waals surface area contributed by atoms with E-state index in [-0.39, 0.29) is 0 Å². The van der Waals surface area contributed by atoms with E-state index in [2.05, 4.69) is 214 Å². The molecule has 0 spiro atoms. The molecule has 13 rings (SSSR count). The maximum atomic E-state index is 2.54. The Bertz CT molecular complexity index is 3390. The molecule has 0 N–H and O–H groups in total. The van der Waals surface area contributed by atoms with Gasteiger partial charge in [-0.05, 0) is 86.9 Å². The average Bonchev–Trinajstić information content (AvgIpc) is 3.92. The van der Waals surface area contributed by atoms with Crippen LogP contribution >= 0.6 is 0 Å². The summed E-state index contributed by atoms with van der Waals surface area (Å²) in [5.41, 5.74) is 10.7. The molecule has 3 aromatic heterocycles. The number of para-hydroxylation sites is 3. The lowest BCUT2D eigenvalue weighted by molar-refractivity contribution is 1.18. The summed E-state index contributed by atoms with van der Waals surface area (Å²) in [4.78, 5) is 0. The maximum Gasteiger partial charge on any atom is 0.0663 e. The third kappa shape index (κ3) is 4.20. The zero-order valence-corrected chi connectivity index (χ0v) is 30.9. The Hall–Kier alpha value is -7.62. The smallest absolute Gasteiger partial charge is 0.0663 e. The lowest BCUT2D eigenvalue weighted by Gasteiger charge is -2.14. The fraction of sp³-hybridized carbons (Fsp3) is 0. The minimum atomic E-state index is 1.15. The zero-order chi connectivity index (χ0) is 37.2. The van der Waals surface area contributed by atoms with Crippen LogP contribution in [0.4, 0.5) is 0 Å². The number of benzene rings is 10. The number of fused-ring (bicyclic) bond motifs is 15. The van der Waals surface area contributed by atoms with Crippen molar-refractivity contribution in [3.05, 3.63) is 200 Å². The van der Waals surface area contributed by atoms with Gasteiger partial charge < -0.3 is 13.7 Å². The van der Waals surface area contributed by atoms with Crippen LogP contribution in [0.2, 0.25) is 0 Å². The fourth-order valence-corrected chi connectivity index (χ4v) is 9.90. The monoisotopic (exact) mass is 723 g/mol. The first kappa shape index (κ1) is 30.7. The molecule has 3 nitrogen and oxygen atoms in total. The Balaban J connectivity index is 1.34. The molecule has 0 saturated heterocycles. The van der Waals surface area contributed by atoms with Crippen molar-refractivity contribution in [1.29, 1.82) is 0 Å². The molecule has 0 aliphatic heterocycles. The van der Waals surface area contributed by atoms with Gasteiger partial charge in [-0.25, -0.2) is 0 Å². The summed E-state index contributed by atoms with van der Waals surface area (Å²) in [6.45, 7) is 0. The molecule has 3 heteroatoms. The third-order valence-electron chi connectivity index (χ3n) is 12.3. The van der Waals surface area contributed by atoms with Crippen LogP contribution in [-0.2, 0) is 0 Å². The van der Waals surface area contributed by atoms with Gasteiger partial charge in [0.1, 0.15) is 0 Å². The largest absolute Gasteiger partial charge is 0.308 e. The molecule has 0 saturated carbocycles. The second-order valence-electron chi connectivity index (χ2n) is 15.3. The first-order valence-corrected chi connectivity index (χ1v) is 19.7. The maximum absolute atomic E-state index is 2.54. The molecule has 264 valence electrons. The van der Waals surface area contributed by atoms with E-state index in [4.69, 9.17) is 0 Å². The molecular weight excluding hydrogens is 691 g/mol. The Morgan fingerprint density at radius 1 is 0.228 bits per heavy atom. The molecule has 0 radical (unpaired) electrons. The van der Waals surface area contributed by atoms with Gasteiger partial charge in [-0.1, -0.05) is 146 Å². The predicted octanol–water partition coefficient (Wildman–Crippen LogP) is 14.4. The second kappa shape index (κ2) is 11.5. The fourth-order valence-electron chi connectivity index (χ4n) is 9.90. The SMILES string of the molecule is c1ccc2cc(-n3c4ccccc4c4c3c3c5ccccc5n(-c5ccc6ccccc6c5)c3c3c5ccccc5n(-c5ccc6ccccc6c5)c43)ccc2c1. The lowest BCUT2D eigenvalue weighted by atomic mass is 10.0. The van der Waals surface area contributed by atoms with E-state index in [1.165, 1.54) is 97.7 Å². The van der Waals surface area contributed by atoms with Crippen LogP contribution in [0, 0.1) is 0 Å². The minimum absolute atomic E-state index is 1.15. The van der Waals surface area contributed by atoms with Crippen LogP contribution in [0.3, 0.4) is 0 Å². The Kier molecular flexibility index (Phi) is 6.16. The van der Waals surface area contributed by atoms with Crippen molar-refractivity contribution >= 4 is 97.7 Å². The molecule has 0 bridgehead atoms. The van der Waals surface area contributed by atoms with E-state index in [9.17, 15) is 0 Å². The van der Waals surface area contributed by atoms with E-state index >= 15 is 0 Å². The van der Waals surface area contributed by atoms with Gasteiger partial charge in [-0.2, -0.15) is 0 Å². The van der Waals surface area contributed by atoms with Crippen LogP contribution in [-0.4, -0.2) is 13.7 Å². The average molecular weight is 724 g/mol. The van der Waals surface area contributed by atoms with Crippen LogP contribution in [0.25, 0.3) is 115 Å². The molecule has 57 heavy (non-hydrogen) atoms. The van der Waals surface area contributed by atoms with Gasteiger partial charge in [0.05, 0.1) is 33.1 Å². The summed E-state index contributed by atoms with van der Waals surface area (Å²) in [7, 11) is 0. The normalized spacial score (nSPS) is 12.2. The lowest BCUT2D eigenvalue weighted by Crippen LogP contribution is -1.98. The number of hydrogen-bond donors (Lipinski definition) is 0. The van der Waals surface area contributed by atoms with Crippen molar-refractivity contribution in [3.63, 3.8) is 0 Å². The van der Waals surface area contributed by atoms with Crippen molar-refractivity contribution in [2.24, 2.45) is 0 Å². The summed E-state index contributed by atoms with van der Waals surface area (Å²) in [6, 6.07) is 73.9. The summed E-state index contributed by atoms with van der Waals surface area (Å²) >= 11 is 0. The van der Waals surface area contributed by atoms with Crippen molar-refractivity contribution in [2.75, 3.05) is 0 Å². The molecule has 3 heterocycles. The number of rotatable bonds is 3. The van der Waals surface area contributed by atoms with Gasteiger partial charge in [0.2, 0.25) is 0 Å². The highest BCUT2D eigenvalue weighted by atomic mass is 15.0. The van der Waals surface area contributed by atoms with E-state index < -0.39 is 0 Å². The molecule has 13 aromatic rings. The molecule has 0 atom stereocenters. The topological polar surface area (TPSA) is 14.8 Å². The van der Waals surface area contributed by atoms with E-state index in [1.807, 2.05) is 0 Å². The zero-order valence-electron chi connectivity index (χ0n) is 30.9. The number of nitrogens with zero attached hydrogens (tertiary/aromatic N) is 3. The summed E-state index contributed by atoms with van der Waals surface area (Å²) < 4.78 is 7.62. The second-order valence-corrected chi connectivity index (χ2v) is 15.3. The Labute approximate surface area is 327 Å². The van der Waals surface area contributed by atoms with Gasteiger partial charge in [-0.15, -0.1) is 0 Å². The molecule has 0 unspecified atom stereocenters. The van der Waals surface area contributed by atoms with Crippen molar-refractivity contribution in [3.8, 4) is 17.1 Å². The molecular formula is C54H33N3. The minimum Gasteiger partial charge on any atom is -0.308 e. The van der Waals surface area contributed by atoms with E-state index in [1.54, 1.807) is 0 Å². The van der Waals surface area contributed by atoms with Crippen LogP contribution < -0.4 is 0 Å². The highest BCUT2D eigenvalue weighted by Gasteiger charge is 2.28. The van der Waals surface area contributed by atoms with E-state index in [0.717, 1.165) is 17.1 Å². The van der Waals surface area contributed by atoms with Crippen molar-refractivity contribution in [1.82, 2.24) is 13.7 Å². The molecule has 10 aromatic carbocycles. The predicted molar refractivity (Wildman–Crippen MR) is 242 cm³/mol. The van der Waals surface area contributed by atoms with Gasteiger partial charge in [0, 0.05) is 49.4 Å². The first-order valence-electron chi connectivity index (χ1n) is 19.7. The Morgan fingerprint density at radius 2 is 0.491 bits per heavy atom. The highest BCUT2D eigenvalue weighted by molar-refractivity contribution is 6.40. The molecule has 0 aliphatic carbocycles. The van der Waals surface area contributed by atoms with Crippen molar-refractivity contribution < 1.29 is 0 Å². The Morgan fingerprint density at radius 3 is 0.807 bits per heavy atom. The summed E-state index contributed by atoms with van der Waals surface area (Å²) in [5.74, 6) is 0. The third-order valence-corrected chi connectivity index (χ3v) is 12.3. The molecule has 0 aliphatic rings. The van der Waals surface area contributed by atoms with Gasteiger partial charge in [0.15, 0.2) is 0 Å². The molecule has 0 amide bonds. The standard InChI is InChI=1S/C54H33N3/c1-4-16-37-31-40(28-25-34(37)13-1)55-46-22-10-7-19-43(46)49-52(55)50-44-20-8-11-23-47(44)56(41-29-26-35-14-2-5-17-38(35)32-41)54(50)51-45-21-9-12-24-48(45)57(53(49)51)42-30-27-36-15-3-6-18-39(36)33-42/h1-33H.